The van der Waals surface area contributed by atoms with Gasteiger partial charge in [0.15, 0.2) is 11.9 Å². The third kappa shape index (κ3) is 4.90. The van der Waals surface area contributed by atoms with Gasteiger partial charge < -0.3 is 24.0 Å². The normalized spacial score (nSPS) is 18.0. The van der Waals surface area contributed by atoms with E-state index < -0.39 is 11.7 Å². The van der Waals surface area contributed by atoms with E-state index in [1.807, 2.05) is 62.1 Å². The number of benzene rings is 2. The fraction of sp³-hybridized carbons (Fsp3) is 0.400. The molecule has 1 aromatic heterocycles. The molecule has 1 atom stereocenters. The summed E-state index contributed by atoms with van der Waals surface area (Å²) in [5.41, 5.74) is 0.379. The zero-order valence-electron chi connectivity index (χ0n) is 19.8. The molecule has 0 bridgehead atoms. The van der Waals surface area contributed by atoms with Gasteiger partial charge in [0.1, 0.15) is 12.2 Å². The van der Waals surface area contributed by atoms with Crippen molar-refractivity contribution in [2.45, 2.75) is 32.5 Å². The van der Waals surface area contributed by atoms with E-state index in [1.54, 1.807) is 4.90 Å². The summed E-state index contributed by atoms with van der Waals surface area (Å²) in [5.74, 6) is 1.29. The topological polar surface area (TPSA) is 77.0 Å². The first-order chi connectivity index (χ1) is 16.7. The molecular formula is C25H26Cl2N4O4. The Balaban J connectivity index is 1.37. The molecule has 0 radical (unpaired) electrons. The molecule has 1 saturated heterocycles. The lowest BCUT2D eigenvalue weighted by Gasteiger charge is -2.37. The number of piperazine rings is 1. The first kappa shape index (κ1) is 23.8. The zero-order chi connectivity index (χ0) is 24.7. The Kier molecular flexibility index (Phi) is 6.27. The number of carbonyl (C=O) groups is 1. The van der Waals surface area contributed by atoms with Crippen LogP contribution in [0.4, 0.5) is 10.6 Å². The molecule has 0 N–H and O–H groups in total. The van der Waals surface area contributed by atoms with Crippen LogP contribution in [-0.4, -0.2) is 59.3 Å². The van der Waals surface area contributed by atoms with Crippen LogP contribution >= 0.6 is 23.2 Å². The van der Waals surface area contributed by atoms with Crippen molar-refractivity contribution in [3.63, 3.8) is 0 Å². The number of anilines is 1. The number of rotatable bonds is 2. The number of carbonyl (C=O) groups excluding carboxylic acids is 1. The second-order valence-electron chi connectivity index (χ2n) is 9.51. The molecule has 1 unspecified atom stereocenters. The SMILES string of the molecule is CC(C)(C)OC(=O)N1CCN(c2nc(Cl)nc3c2OCC(c2cccc4cccc(Cl)c24)O3)CC1. The van der Waals surface area contributed by atoms with Gasteiger partial charge in [0.25, 0.3) is 5.88 Å². The summed E-state index contributed by atoms with van der Waals surface area (Å²) >= 11 is 12.8. The van der Waals surface area contributed by atoms with Crippen LogP contribution in [-0.2, 0) is 4.74 Å². The number of aromatic nitrogens is 2. The van der Waals surface area contributed by atoms with Gasteiger partial charge in [0, 0.05) is 42.2 Å². The van der Waals surface area contributed by atoms with Crippen LogP contribution in [0.2, 0.25) is 10.3 Å². The van der Waals surface area contributed by atoms with E-state index in [2.05, 4.69) is 9.97 Å². The van der Waals surface area contributed by atoms with Gasteiger partial charge in [-0.25, -0.2) is 4.79 Å². The predicted molar refractivity (Wildman–Crippen MR) is 135 cm³/mol. The Labute approximate surface area is 213 Å². The number of hydrogen-bond donors (Lipinski definition) is 0. The summed E-state index contributed by atoms with van der Waals surface area (Å²) < 4.78 is 17.9. The Morgan fingerprint density at radius 2 is 1.77 bits per heavy atom. The van der Waals surface area contributed by atoms with E-state index in [0.717, 1.165) is 16.3 Å². The number of nitrogens with zero attached hydrogens (tertiary/aromatic N) is 4. The maximum Gasteiger partial charge on any atom is 0.410 e. The maximum absolute atomic E-state index is 12.4. The van der Waals surface area contributed by atoms with Crippen LogP contribution in [0.1, 0.15) is 32.4 Å². The van der Waals surface area contributed by atoms with Gasteiger partial charge in [-0.05, 0) is 43.8 Å². The average molecular weight is 517 g/mol. The molecule has 2 aliphatic heterocycles. The quantitative estimate of drug-likeness (QED) is 0.415. The zero-order valence-corrected chi connectivity index (χ0v) is 21.3. The second-order valence-corrected chi connectivity index (χ2v) is 10.3. The van der Waals surface area contributed by atoms with Crippen LogP contribution in [0.15, 0.2) is 36.4 Å². The monoisotopic (exact) mass is 516 g/mol. The second kappa shape index (κ2) is 9.24. The van der Waals surface area contributed by atoms with E-state index in [1.165, 1.54) is 0 Å². The Morgan fingerprint density at radius 3 is 2.49 bits per heavy atom. The molecule has 3 aromatic rings. The van der Waals surface area contributed by atoms with Crippen molar-refractivity contribution in [2.75, 3.05) is 37.7 Å². The molecule has 3 heterocycles. The molecule has 8 nitrogen and oxygen atoms in total. The first-order valence-electron chi connectivity index (χ1n) is 11.5. The molecule has 35 heavy (non-hydrogen) atoms. The van der Waals surface area contributed by atoms with Gasteiger partial charge in [0.2, 0.25) is 11.0 Å². The Morgan fingerprint density at radius 1 is 1.06 bits per heavy atom. The molecular weight excluding hydrogens is 491 g/mol. The summed E-state index contributed by atoms with van der Waals surface area (Å²) in [7, 11) is 0. The molecule has 0 spiro atoms. The van der Waals surface area contributed by atoms with Gasteiger partial charge in [0.05, 0.1) is 0 Å². The highest BCUT2D eigenvalue weighted by atomic mass is 35.5. The number of ether oxygens (including phenoxy) is 3. The van der Waals surface area contributed by atoms with Crippen molar-refractivity contribution in [3.05, 3.63) is 52.3 Å². The molecule has 184 valence electrons. The van der Waals surface area contributed by atoms with Gasteiger partial charge >= 0.3 is 6.09 Å². The van der Waals surface area contributed by atoms with E-state index in [0.29, 0.717) is 42.8 Å². The molecule has 2 aromatic carbocycles. The number of amides is 1. The highest BCUT2D eigenvalue weighted by molar-refractivity contribution is 6.35. The van der Waals surface area contributed by atoms with Crippen molar-refractivity contribution in [2.24, 2.45) is 0 Å². The van der Waals surface area contributed by atoms with Crippen molar-refractivity contribution < 1.29 is 19.0 Å². The van der Waals surface area contributed by atoms with Gasteiger partial charge in [-0.2, -0.15) is 9.97 Å². The van der Waals surface area contributed by atoms with Crippen molar-refractivity contribution in [1.29, 1.82) is 0 Å². The predicted octanol–water partition coefficient (Wildman–Crippen LogP) is 5.51. The van der Waals surface area contributed by atoms with Gasteiger partial charge in [-0.3, -0.25) is 0 Å². The van der Waals surface area contributed by atoms with Crippen molar-refractivity contribution in [1.82, 2.24) is 14.9 Å². The highest BCUT2D eigenvalue weighted by Crippen LogP contribution is 2.43. The lowest BCUT2D eigenvalue weighted by molar-refractivity contribution is 0.0239. The minimum Gasteiger partial charge on any atom is -0.481 e. The van der Waals surface area contributed by atoms with E-state index >= 15 is 0 Å². The summed E-state index contributed by atoms with van der Waals surface area (Å²) in [5, 5.41) is 2.66. The first-order valence-corrected chi connectivity index (χ1v) is 12.2. The highest BCUT2D eigenvalue weighted by Gasteiger charge is 2.33. The van der Waals surface area contributed by atoms with Crippen molar-refractivity contribution in [3.8, 4) is 11.6 Å². The fourth-order valence-electron chi connectivity index (χ4n) is 4.31. The molecule has 2 aliphatic rings. The third-order valence-electron chi connectivity index (χ3n) is 5.89. The summed E-state index contributed by atoms with van der Waals surface area (Å²) in [6.45, 7) is 7.91. The lowest BCUT2D eigenvalue weighted by atomic mass is 10.0. The molecule has 10 heteroatoms. The van der Waals surface area contributed by atoms with Crippen LogP contribution < -0.4 is 14.4 Å². The molecule has 1 fully saturated rings. The number of halogens is 2. The molecule has 5 rings (SSSR count). The summed E-state index contributed by atoms with van der Waals surface area (Å²) in [4.78, 5) is 24.8. The summed E-state index contributed by atoms with van der Waals surface area (Å²) in [6, 6.07) is 11.7. The molecule has 0 saturated carbocycles. The van der Waals surface area contributed by atoms with Gasteiger partial charge in [-0.1, -0.05) is 41.9 Å². The van der Waals surface area contributed by atoms with Crippen LogP contribution in [0.3, 0.4) is 0 Å². The van der Waals surface area contributed by atoms with Crippen molar-refractivity contribution >= 4 is 45.9 Å². The molecule has 0 aliphatic carbocycles. The third-order valence-corrected chi connectivity index (χ3v) is 6.37. The number of fused-ring (bicyclic) bond motifs is 2. The van der Waals surface area contributed by atoms with Crippen LogP contribution in [0.5, 0.6) is 11.6 Å². The van der Waals surface area contributed by atoms with Crippen LogP contribution in [0.25, 0.3) is 10.8 Å². The minimum atomic E-state index is -0.538. The maximum atomic E-state index is 12.4. The largest absolute Gasteiger partial charge is 0.481 e. The van der Waals surface area contributed by atoms with E-state index in [9.17, 15) is 4.79 Å². The standard InChI is InChI=1S/C25H26Cl2N4O4/c1-25(2,3)35-24(32)31-12-10-30(11-13-31)21-20-22(29-23(27)28-21)34-18(14-33-20)16-8-4-6-15-7-5-9-17(26)19(15)16/h4-9,18H,10-14H2,1-3H3. The summed E-state index contributed by atoms with van der Waals surface area (Å²) in [6.07, 6.45) is -0.731. The molecule has 1 amide bonds. The minimum absolute atomic E-state index is 0.0634. The Bertz CT molecular complexity index is 1270. The lowest BCUT2D eigenvalue weighted by Crippen LogP contribution is -2.50. The van der Waals surface area contributed by atoms with E-state index in [4.69, 9.17) is 37.4 Å². The Hall–Kier alpha value is -2.97. The number of hydrogen-bond acceptors (Lipinski definition) is 7. The fourth-order valence-corrected chi connectivity index (χ4v) is 4.76. The van der Waals surface area contributed by atoms with Crippen LogP contribution in [0, 0.1) is 0 Å². The van der Waals surface area contributed by atoms with E-state index in [-0.39, 0.29) is 23.9 Å². The average Bonchev–Trinajstić information content (AvgIpc) is 2.82. The smallest absolute Gasteiger partial charge is 0.410 e. The van der Waals surface area contributed by atoms with Gasteiger partial charge in [-0.15, -0.1) is 0 Å².